The van der Waals surface area contributed by atoms with Crippen LogP contribution in [-0.2, 0) is 12.8 Å². The summed E-state index contributed by atoms with van der Waals surface area (Å²) in [4.78, 5) is 4.38. The third-order valence-corrected chi connectivity index (χ3v) is 4.28. The molecule has 0 aliphatic carbocycles. The number of pyridine rings is 1. The molecule has 132 valence electrons. The quantitative estimate of drug-likeness (QED) is 0.380. The maximum absolute atomic E-state index is 9.17. The van der Waals surface area contributed by atoms with E-state index in [1.165, 1.54) is 27.8 Å². The van der Waals surface area contributed by atoms with Gasteiger partial charge in [0.05, 0.1) is 0 Å². The molecule has 1 heterocycles. The second kappa shape index (κ2) is 11.0. The SMILES string of the molecule is C=CCC(C)=CC=C(C)CCc1cncc(CCCC(N)O)c1C. The fourth-order valence-electron chi connectivity index (χ4n) is 2.62. The fraction of sp³-hybridized carbons (Fsp3) is 0.476. The fourth-order valence-corrected chi connectivity index (χ4v) is 2.62. The topological polar surface area (TPSA) is 59.1 Å². The van der Waals surface area contributed by atoms with Gasteiger partial charge in [-0.1, -0.05) is 29.4 Å². The largest absolute Gasteiger partial charge is 0.379 e. The molecule has 3 nitrogen and oxygen atoms in total. The molecule has 1 aromatic heterocycles. The first kappa shape index (κ1) is 20.3. The molecule has 0 aliphatic rings. The van der Waals surface area contributed by atoms with Crippen molar-refractivity contribution in [2.75, 3.05) is 0 Å². The highest BCUT2D eigenvalue weighted by Gasteiger charge is 2.06. The molecular weight excluding hydrogens is 296 g/mol. The Labute approximate surface area is 147 Å². The average molecular weight is 328 g/mol. The summed E-state index contributed by atoms with van der Waals surface area (Å²) < 4.78 is 0. The molecule has 0 spiro atoms. The Morgan fingerprint density at radius 1 is 1.21 bits per heavy atom. The lowest BCUT2D eigenvalue weighted by Crippen LogP contribution is -2.18. The van der Waals surface area contributed by atoms with Crippen LogP contribution in [0, 0.1) is 6.92 Å². The molecule has 1 aromatic rings. The van der Waals surface area contributed by atoms with Crippen LogP contribution in [-0.4, -0.2) is 16.3 Å². The van der Waals surface area contributed by atoms with Crippen molar-refractivity contribution in [3.05, 3.63) is 65.0 Å². The molecule has 3 N–H and O–H groups in total. The summed E-state index contributed by atoms with van der Waals surface area (Å²) in [5.41, 5.74) is 12.0. The Bertz CT molecular complexity index is 586. The lowest BCUT2D eigenvalue weighted by Gasteiger charge is -2.11. The minimum atomic E-state index is -0.716. The molecule has 0 bridgehead atoms. The van der Waals surface area contributed by atoms with E-state index in [2.05, 4.69) is 44.5 Å². The van der Waals surface area contributed by atoms with Gasteiger partial charge in [-0.05, 0) is 76.0 Å². The Hall–Kier alpha value is -1.71. The normalized spacial score (nSPS) is 13.9. The lowest BCUT2D eigenvalue weighted by atomic mass is 9.97. The van der Waals surface area contributed by atoms with E-state index in [1.54, 1.807) is 0 Å². The Kier molecular flexibility index (Phi) is 9.28. The number of aromatic nitrogens is 1. The number of hydrogen-bond acceptors (Lipinski definition) is 3. The molecule has 0 amide bonds. The van der Waals surface area contributed by atoms with Gasteiger partial charge >= 0.3 is 0 Å². The second-order valence-electron chi connectivity index (χ2n) is 6.56. The zero-order valence-corrected chi connectivity index (χ0v) is 15.4. The number of aliphatic hydroxyl groups excluding tert-OH is 1. The van der Waals surface area contributed by atoms with E-state index in [-0.39, 0.29) is 0 Å². The molecule has 3 heteroatoms. The predicted molar refractivity (Wildman–Crippen MR) is 103 cm³/mol. The molecule has 0 radical (unpaired) electrons. The molecular formula is C21H32N2O. The van der Waals surface area contributed by atoms with Crippen molar-refractivity contribution in [2.24, 2.45) is 5.73 Å². The van der Waals surface area contributed by atoms with Crippen LogP contribution in [0.3, 0.4) is 0 Å². The van der Waals surface area contributed by atoms with Crippen LogP contribution in [0.15, 0.2) is 48.3 Å². The maximum Gasteiger partial charge on any atom is 0.102 e. The zero-order valence-electron chi connectivity index (χ0n) is 15.4. The van der Waals surface area contributed by atoms with Crippen molar-refractivity contribution in [3.63, 3.8) is 0 Å². The summed E-state index contributed by atoms with van der Waals surface area (Å²) in [5.74, 6) is 0. The first-order valence-electron chi connectivity index (χ1n) is 8.73. The molecule has 1 unspecified atom stereocenters. The van der Waals surface area contributed by atoms with Crippen LogP contribution in [0.4, 0.5) is 0 Å². The first-order valence-corrected chi connectivity index (χ1v) is 8.73. The van der Waals surface area contributed by atoms with Crippen molar-refractivity contribution in [1.29, 1.82) is 0 Å². The van der Waals surface area contributed by atoms with E-state index in [1.807, 2.05) is 18.5 Å². The summed E-state index contributed by atoms with van der Waals surface area (Å²) in [6, 6.07) is 0. The summed E-state index contributed by atoms with van der Waals surface area (Å²) >= 11 is 0. The molecule has 0 aliphatic heterocycles. The van der Waals surface area contributed by atoms with Gasteiger partial charge in [0.15, 0.2) is 0 Å². The van der Waals surface area contributed by atoms with Gasteiger partial charge in [0.2, 0.25) is 0 Å². The molecule has 1 atom stereocenters. The van der Waals surface area contributed by atoms with Gasteiger partial charge in [0.25, 0.3) is 0 Å². The van der Waals surface area contributed by atoms with Crippen LogP contribution in [0.5, 0.6) is 0 Å². The number of nitrogens with zero attached hydrogens (tertiary/aromatic N) is 1. The van der Waals surface area contributed by atoms with Gasteiger partial charge in [-0.15, -0.1) is 6.58 Å². The van der Waals surface area contributed by atoms with E-state index < -0.39 is 6.23 Å². The number of aryl methyl sites for hydroxylation is 2. The van der Waals surface area contributed by atoms with Crippen molar-refractivity contribution in [3.8, 4) is 0 Å². The maximum atomic E-state index is 9.17. The minimum absolute atomic E-state index is 0.627. The predicted octanol–water partition coefficient (Wildman–Crippen LogP) is 4.39. The van der Waals surface area contributed by atoms with E-state index >= 15 is 0 Å². The van der Waals surface area contributed by atoms with Crippen molar-refractivity contribution in [2.45, 2.75) is 65.5 Å². The van der Waals surface area contributed by atoms with Crippen LogP contribution in [0.1, 0.15) is 56.2 Å². The molecule has 0 saturated carbocycles. The lowest BCUT2D eigenvalue weighted by molar-refractivity contribution is 0.169. The van der Waals surface area contributed by atoms with Gasteiger partial charge in [-0.2, -0.15) is 0 Å². The van der Waals surface area contributed by atoms with E-state index in [0.29, 0.717) is 6.42 Å². The monoisotopic (exact) mass is 328 g/mol. The molecule has 0 aromatic carbocycles. The highest BCUT2D eigenvalue weighted by Crippen LogP contribution is 2.18. The van der Waals surface area contributed by atoms with Crippen LogP contribution >= 0.6 is 0 Å². The number of allylic oxidation sites excluding steroid dienone is 5. The third kappa shape index (κ3) is 7.71. The Balaban J connectivity index is 2.63. The van der Waals surface area contributed by atoms with Gasteiger partial charge in [0.1, 0.15) is 6.23 Å². The number of rotatable bonds is 10. The third-order valence-electron chi connectivity index (χ3n) is 4.28. The van der Waals surface area contributed by atoms with Gasteiger partial charge < -0.3 is 10.8 Å². The molecule has 0 saturated heterocycles. The minimum Gasteiger partial charge on any atom is -0.379 e. The van der Waals surface area contributed by atoms with Crippen molar-refractivity contribution >= 4 is 0 Å². The summed E-state index contributed by atoms with van der Waals surface area (Å²) in [7, 11) is 0. The molecule has 1 rings (SSSR count). The van der Waals surface area contributed by atoms with Crippen molar-refractivity contribution < 1.29 is 5.11 Å². The summed E-state index contributed by atoms with van der Waals surface area (Å²) in [5, 5.41) is 9.17. The Morgan fingerprint density at radius 2 is 1.83 bits per heavy atom. The Morgan fingerprint density at radius 3 is 2.46 bits per heavy atom. The highest BCUT2D eigenvalue weighted by molar-refractivity contribution is 5.31. The number of nitrogens with two attached hydrogens (primary N) is 1. The van der Waals surface area contributed by atoms with Crippen molar-refractivity contribution in [1.82, 2.24) is 4.98 Å². The second-order valence-corrected chi connectivity index (χ2v) is 6.56. The highest BCUT2D eigenvalue weighted by atomic mass is 16.3. The van der Waals surface area contributed by atoms with E-state index in [9.17, 15) is 0 Å². The summed E-state index contributed by atoms with van der Waals surface area (Å²) in [6.07, 6.45) is 14.9. The van der Waals surface area contributed by atoms with Crippen LogP contribution in [0.25, 0.3) is 0 Å². The van der Waals surface area contributed by atoms with Gasteiger partial charge in [-0.3, -0.25) is 4.98 Å². The summed E-state index contributed by atoms with van der Waals surface area (Å²) in [6.45, 7) is 10.2. The van der Waals surface area contributed by atoms with Gasteiger partial charge in [-0.25, -0.2) is 0 Å². The average Bonchev–Trinajstić information content (AvgIpc) is 2.53. The molecule has 0 fully saturated rings. The standard InChI is InChI=1S/C21H32N2O/c1-5-7-16(2)10-11-17(3)12-13-20-15-23-14-19(18(20)4)8-6-9-21(22)24/h5,10-11,14-15,21,24H,1,6-9,12-13,22H2,2-4H3. The number of aliphatic hydroxyl groups is 1. The van der Waals surface area contributed by atoms with E-state index in [0.717, 1.165) is 32.1 Å². The first-order chi connectivity index (χ1) is 11.4. The van der Waals surface area contributed by atoms with E-state index in [4.69, 9.17) is 10.8 Å². The van der Waals surface area contributed by atoms with Crippen LogP contribution < -0.4 is 5.73 Å². The van der Waals surface area contributed by atoms with Crippen LogP contribution in [0.2, 0.25) is 0 Å². The van der Waals surface area contributed by atoms with Gasteiger partial charge in [0, 0.05) is 12.4 Å². The smallest absolute Gasteiger partial charge is 0.102 e. The zero-order chi connectivity index (χ0) is 17.9. The number of hydrogen-bond donors (Lipinski definition) is 2. The molecule has 24 heavy (non-hydrogen) atoms.